The van der Waals surface area contributed by atoms with Crippen LogP contribution >= 0.6 is 0 Å². The maximum absolute atomic E-state index is 12.9. The lowest BCUT2D eigenvalue weighted by molar-refractivity contribution is -0.145. The highest BCUT2D eigenvalue weighted by Gasteiger charge is 2.45. The van der Waals surface area contributed by atoms with Crippen LogP contribution < -0.4 is 0 Å². The SMILES string of the molecule is CCCCN(C[C@@H]1C[C@@H]1C(=O)OCC)C(=O)Cc1c[nH]c2ccccc12. The van der Waals surface area contributed by atoms with Crippen molar-refractivity contribution in [2.24, 2.45) is 11.8 Å². The lowest BCUT2D eigenvalue weighted by Gasteiger charge is -2.23. The maximum Gasteiger partial charge on any atom is 0.309 e. The fourth-order valence-electron chi connectivity index (χ4n) is 3.49. The number of esters is 1. The predicted molar refractivity (Wildman–Crippen MR) is 102 cm³/mol. The van der Waals surface area contributed by atoms with Crippen LogP contribution in [0.25, 0.3) is 10.9 Å². The smallest absolute Gasteiger partial charge is 0.309 e. The quantitative estimate of drug-likeness (QED) is 0.699. The van der Waals surface area contributed by atoms with Crippen molar-refractivity contribution in [3.63, 3.8) is 0 Å². The Hall–Kier alpha value is -2.30. The third kappa shape index (κ3) is 4.26. The van der Waals surface area contributed by atoms with Crippen LogP contribution in [0, 0.1) is 11.8 Å². The van der Waals surface area contributed by atoms with Crippen molar-refractivity contribution >= 4 is 22.8 Å². The van der Waals surface area contributed by atoms with E-state index >= 15 is 0 Å². The summed E-state index contributed by atoms with van der Waals surface area (Å²) in [5, 5.41) is 1.10. The van der Waals surface area contributed by atoms with E-state index in [-0.39, 0.29) is 23.7 Å². The van der Waals surface area contributed by atoms with Gasteiger partial charge < -0.3 is 14.6 Å². The largest absolute Gasteiger partial charge is 0.466 e. The van der Waals surface area contributed by atoms with Crippen molar-refractivity contribution in [3.8, 4) is 0 Å². The average Bonchev–Trinajstić information content (AvgIpc) is 3.31. The lowest BCUT2D eigenvalue weighted by Crippen LogP contribution is -2.35. The van der Waals surface area contributed by atoms with Gasteiger partial charge in [0.1, 0.15) is 0 Å². The molecule has 3 rings (SSSR count). The Morgan fingerprint density at radius 3 is 2.85 bits per heavy atom. The molecule has 140 valence electrons. The van der Waals surface area contributed by atoms with Gasteiger partial charge in [-0.2, -0.15) is 0 Å². The molecule has 2 atom stereocenters. The number of nitrogens with one attached hydrogen (secondary N) is 1. The minimum absolute atomic E-state index is 0.0278. The molecule has 1 aromatic carbocycles. The van der Waals surface area contributed by atoms with E-state index in [1.807, 2.05) is 42.3 Å². The number of rotatable bonds is 9. The summed E-state index contributed by atoms with van der Waals surface area (Å²) < 4.78 is 5.11. The molecule has 1 heterocycles. The molecular weight excluding hydrogens is 328 g/mol. The van der Waals surface area contributed by atoms with Crippen LogP contribution in [0.4, 0.5) is 0 Å². The number of carbonyl (C=O) groups is 2. The second-order valence-electron chi connectivity index (χ2n) is 7.08. The van der Waals surface area contributed by atoms with Crippen molar-refractivity contribution in [2.75, 3.05) is 19.7 Å². The van der Waals surface area contributed by atoms with Crippen molar-refractivity contribution in [2.45, 2.75) is 39.5 Å². The van der Waals surface area contributed by atoms with Gasteiger partial charge in [-0.25, -0.2) is 0 Å². The standard InChI is InChI=1S/C21H28N2O3/c1-3-5-10-23(14-16-11-18(16)21(25)26-4-2)20(24)12-15-13-22-19-9-7-6-8-17(15)19/h6-9,13,16,18,22H,3-5,10-12,14H2,1-2H3/t16-,18-/m0/s1. The normalized spacial score (nSPS) is 18.7. The molecule has 1 amide bonds. The third-order valence-electron chi connectivity index (χ3n) is 5.12. The number of hydrogen-bond donors (Lipinski definition) is 1. The van der Waals surface area contributed by atoms with Crippen LogP contribution in [0.5, 0.6) is 0 Å². The summed E-state index contributed by atoms with van der Waals surface area (Å²) in [7, 11) is 0. The van der Waals surface area contributed by atoms with Gasteiger partial charge in [0.2, 0.25) is 5.91 Å². The Morgan fingerprint density at radius 2 is 2.08 bits per heavy atom. The van der Waals surface area contributed by atoms with Crippen molar-refractivity contribution in [1.82, 2.24) is 9.88 Å². The Kier molecular flexibility index (Phi) is 5.96. The molecule has 0 radical (unpaired) electrons. The first-order chi connectivity index (χ1) is 12.6. The fraction of sp³-hybridized carbons (Fsp3) is 0.524. The second kappa shape index (κ2) is 8.39. The molecular formula is C21H28N2O3. The summed E-state index contributed by atoms with van der Waals surface area (Å²) in [6, 6.07) is 8.04. The van der Waals surface area contributed by atoms with Gasteiger partial charge in [-0.1, -0.05) is 31.5 Å². The first kappa shape index (κ1) is 18.5. The Balaban J connectivity index is 1.63. The van der Waals surface area contributed by atoms with Gasteiger partial charge in [0.25, 0.3) is 0 Å². The molecule has 5 heteroatoms. The first-order valence-electron chi connectivity index (χ1n) is 9.63. The molecule has 0 saturated heterocycles. The zero-order chi connectivity index (χ0) is 18.5. The topological polar surface area (TPSA) is 62.4 Å². The minimum Gasteiger partial charge on any atom is -0.466 e. The molecule has 1 saturated carbocycles. The van der Waals surface area contributed by atoms with E-state index in [0.717, 1.165) is 42.3 Å². The van der Waals surface area contributed by atoms with Crippen molar-refractivity contribution < 1.29 is 14.3 Å². The zero-order valence-electron chi connectivity index (χ0n) is 15.7. The number of benzene rings is 1. The maximum atomic E-state index is 12.9. The third-order valence-corrected chi connectivity index (χ3v) is 5.12. The van der Waals surface area contributed by atoms with E-state index in [2.05, 4.69) is 11.9 Å². The molecule has 0 bridgehead atoms. The van der Waals surface area contributed by atoms with Gasteiger partial charge in [0, 0.05) is 30.2 Å². The van der Waals surface area contributed by atoms with Gasteiger partial charge in [-0.05, 0) is 37.3 Å². The minimum atomic E-state index is -0.114. The van der Waals surface area contributed by atoms with E-state index in [1.165, 1.54) is 0 Å². The molecule has 0 aliphatic heterocycles. The molecule has 1 aliphatic carbocycles. The number of aromatic amines is 1. The van der Waals surface area contributed by atoms with Gasteiger partial charge in [-0.15, -0.1) is 0 Å². The molecule has 0 unspecified atom stereocenters. The molecule has 26 heavy (non-hydrogen) atoms. The van der Waals surface area contributed by atoms with Crippen LogP contribution in [-0.4, -0.2) is 41.5 Å². The number of unbranched alkanes of at least 4 members (excludes halogenated alkanes) is 1. The van der Waals surface area contributed by atoms with E-state index < -0.39 is 0 Å². The van der Waals surface area contributed by atoms with Gasteiger partial charge in [0.05, 0.1) is 18.9 Å². The van der Waals surface area contributed by atoms with E-state index in [0.29, 0.717) is 19.6 Å². The second-order valence-corrected chi connectivity index (χ2v) is 7.08. The van der Waals surface area contributed by atoms with E-state index in [4.69, 9.17) is 4.74 Å². The highest BCUT2D eigenvalue weighted by molar-refractivity contribution is 5.89. The number of para-hydroxylation sites is 1. The number of carbonyl (C=O) groups excluding carboxylic acids is 2. The predicted octanol–water partition coefficient (Wildman–Crippen LogP) is 3.54. The van der Waals surface area contributed by atoms with Gasteiger partial charge in [-0.3, -0.25) is 9.59 Å². The first-order valence-corrected chi connectivity index (χ1v) is 9.63. The van der Waals surface area contributed by atoms with Crippen molar-refractivity contribution in [1.29, 1.82) is 0 Å². The monoisotopic (exact) mass is 356 g/mol. The highest BCUT2D eigenvalue weighted by Crippen LogP contribution is 2.40. The number of fused-ring (bicyclic) bond motifs is 1. The lowest BCUT2D eigenvalue weighted by atomic mass is 10.1. The summed E-state index contributed by atoms with van der Waals surface area (Å²) in [4.78, 5) is 29.9. The molecule has 5 nitrogen and oxygen atoms in total. The summed E-state index contributed by atoms with van der Waals surface area (Å²) >= 11 is 0. The Labute approximate surface area is 154 Å². The molecule has 1 aliphatic rings. The van der Waals surface area contributed by atoms with Gasteiger partial charge in [0.15, 0.2) is 0 Å². The van der Waals surface area contributed by atoms with Crippen LogP contribution in [-0.2, 0) is 20.7 Å². The van der Waals surface area contributed by atoms with E-state index in [1.54, 1.807) is 0 Å². The molecule has 2 aromatic rings. The number of amides is 1. The number of aromatic nitrogens is 1. The van der Waals surface area contributed by atoms with Crippen LogP contribution in [0.15, 0.2) is 30.5 Å². The van der Waals surface area contributed by atoms with Crippen LogP contribution in [0.3, 0.4) is 0 Å². The number of ether oxygens (including phenoxy) is 1. The fourth-order valence-corrected chi connectivity index (χ4v) is 3.49. The number of H-pyrrole nitrogens is 1. The average molecular weight is 356 g/mol. The summed E-state index contributed by atoms with van der Waals surface area (Å²) in [5.74, 6) is 0.243. The summed E-state index contributed by atoms with van der Waals surface area (Å²) in [5.41, 5.74) is 2.09. The Bertz CT molecular complexity index is 767. The molecule has 0 spiro atoms. The summed E-state index contributed by atoms with van der Waals surface area (Å²) in [6.07, 6.45) is 5.19. The van der Waals surface area contributed by atoms with Gasteiger partial charge >= 0.3 is 5.97 Å². The molecule has 1 aromatic heterocycles. The van der Waals surface area contributed by atoms with Crippen LogP contribution in [0.1, 0.15) is 38.7 Å². The number of hydrogen-bond acceptors (Lipinski definition) is 3. The zero-order valence-corrected chi connectivity index (χ0v) is 15.7. The molecule has 1 fully saturated rings. The van der Waals surface area contributed by atoms with Crippen LogP contribution in [0.2, 0.25) is 0 Å². The Morgan fingerprint density at radius 1 is 1.27 bits per heavy atom. The van der Waals surface area contributed by atoms with E-state index in [9.17, 15) is 9.59 Å². The highest BCUT2D eigenvalue weighted by atomic mass is 16.5. The van der Waals surface area contributed by atoms with Crippen molar-refractivity contribution in [3.05, 3.63) is 36.0 Å². The molecule has 1 N–H and O–H groups in total. The summed E-state index contributed by atoms with van der Waals surface area (Å²) in [6.45, 7) is 5.78. The number of nitrogens with zero attached hydrogens (tertiary/aromatic N) is 1.